The van der Waals surface area contributed by atoms with Crippen molar-refractivity contribution in [1.82, 2.24) is 20.0 Å². The summed E-state index contributed by atoms with van der Waals surface area (Å²) < 4.78 is 2.03. The van der Waals surface area contributed by atoms with Crippen molar-refractivity contribution in [1.29, 1.82) is 0 Å². The van der Waals surface area contributed by atoms with E-state index in [9.17, 15) is 9.90 Å². The molecule has 2 heterocycles. The quantitative estimate of drug-likeness (QED) is 0.785. The van der Waals surface area contributed by atoms with Crippen LogP contribution in [0.1, 0.15) is 67.2 Å². The van der Waals surface area contributed by atoms with Gasteiger partial charge < -0.3 is 15.3 Å². The van der Waals surface area contributed by atoms with Crippen LogP contribution in [0.5, 0.6) is 0 Å². The number of hydrogen-bond donors (Lipinski definition) is 2. The molecule has 2 N–H and O–H groups in total. The number of carbonyl (C=O) groups excluding carboxylic acids is 1. The Balaban J connectivity index is 1.47. The lowest BCUT2D eigenvalue weighted by molar-refractivity contribution is 0.00227. The highest BCUT2D eigenvalue weighted by Crippen LogP contribution is 2.29. The zero-order valence-corrected chi connectivity index (χ0v) is 17.9. The number of hydrogen-bond acceptors (Lipinski definition) is 5. The van der Waals surface area contributed by atoms with Gasteiger partial charge in [0.25, 0.3) is 5.91 Å². The van der Waals surface area contributed by atoms with Crippen molar-refractivity contribution >= 4 is 17.7 Å². The predicted molar refractivity (Wildman–Crippen MR) is 113 cm³/mol. The van der Waals surface area contributed by atoms with Gasteiger partial charge >= 0.3 is 0 Å². The number of carbonyl (C=O) groups is 1. The molecule has 7 heteroatoms. The summed E-state index contributed by atoms with van der Waals surface area (Å²) in [5.41, 5.74) is 2.51. The molecule has 4 rings (SSSR count). The van der Waals surface area contributed by atoms with Gasteiger partial charge in [-0.2, -0.15) is 16.9 Å². The van der Waals surface area contributed by atoms with Gasteiger partial charge in [0.2, 0.25) is 0 Å². The van der Waals surface area contributed by atoms with Gasteiger partial charge in [0, 0.05) is 55.0 Å². The summed E-state index contributed by atoms with van der Waals surface area (Å²) in [4.78, 5) is 15.1. The molecule has 1 saturated heterocycles. The lowest BCUT2D eigenvalue weighted by Gasteiger charge is -2.35. The minimum absolute atomic E-state index is 0.107. The second kappa shape index (κ2) is 8.76. The minimum Gasteiger partial charge on any atom is -0.389 e. The Morgan fingerprint density at radius 2 is 2.04 bits per heavy atom. The van der Waals surface area contributed by atoms with Gasteiger partial charge in [-0.05, 0) is 39.0 Å². The molecular weight excluding hydrogens is 372 g/mol. The third-order valence-corrected chi connectivity index (χ3v) is 7.59. The number of aryl methyl sites for hydroxylation is 1. The van der Waals surface area contributed by atoms with Crippen LogP contribution in [-0.2, 0) is 19.4 Å². The molecule has 1 aromatic heterocycles. The highest BCUT2D eigenvalue weighted by atomic mass is 32.2. The average Bonchev–Trinajstić information content (AvgIpc) is 3.11. The minimum atomic E-state index is -0.545. The van der Waals surface area contributed by atoms with Gasteiger partial charge in [-0.25, -0.2) is 0 Å². The first-order valence-electron chi connectivity index (χ1n) is 11.0. The first kappa shape index (κ1) is 20.2. The Morgan fingerprint density at radius 1 is 1.29 bits per heavy atom. The molecule has 1 atom stereocenters. The average molecular weight is 407 g/mol. The molecule has 156 valence electrons. The summed E-state index contributed by atoms with van der Waals surface area (Å²) in [6.07, 6.45) is 8.15. The fourth-order valence-corrected chi connectivity index (χ4v) is 5.84. The predicted octanol–water partition coefficient (Wildman–Crippen LogP) is 2.23. The lowest BCUT2D eigenvalue weighted by Crippen LogP contribution is -2.47. The first-order chi connectivity index (χ1) is 13.6. The monoisotopic (exact) mass is 406 g/mol. The van der Waals surface area contributed by atoms with E-state index in [0.717, 1.165) is 81.6 Å². The third kappa shape index (κ3) is 4.26. The molecule has 1 aromatic rings. The molecule has 28 heavy (non-hydrogen) atoms. The Hall–Kier alpha value is -1.05. The number of thioether (sulfide) groups is 1. The molecule has 1 saturated carbocycles. The van der Waals surface area contributed by atoms with E-state index in [2.05, 4.69) is 12.2 Å². The van der Waals surface area contributed by atoms with Crippen molar-refractivity contribution in [3.05, 3.63) is 17.0 Å². The largest absolute Gasteiger partial charge is 0.389 e. The summed E-state index contributed by atoms with van der Waals surface area (Å²) in [6, 6.07) is 0.316. The molecule has 0 bridgehead atoms. The van der Waals surface area contributed by atoms with Crippen LogP contribution in [-0.4, -0.2) is 68.5 Å². The van der Waals surface area contributed by atoms with E-state index in [1.807, 2.05) is 21.3 Å². The van der Waals surface area contributed by atoms with Crippen LogP contribution in [0.4, 0.5) is 0 Å². The fourth-order valence-electron chi connectivity index (χ4n) is 4.93. The molecule has 0 aromatic carbocycles. The number of fused-ring (bicyclic) bond motifs is 1. The molecule has 0 radical (unpaired) electrons. The SMILES string of the molecule is CCn1nc(C(=O)N2CCSCC2)c2c1CC[C@@H](NCC1(O)CCCCC1)C2. The zero-order valence-electron chi connectivity index (χ0n) is 17.1. The number of amides is 1. The summed E-state index contributed by atoms with van der Waals surface area (Å²) in [5, 5.41) is 19.2. The van der Waals surface area contributed by atoms with Gasteiger partial charge in [0.15, 0.2) is 5.69 Å². The Kier molecular flexibility index (Phi) is 6.33. The zero-order chi connectivity index (χ0) is 19.6. The molecule has 2 fully saturated rings. The number of rotatable bonds is 5. The number of nitrogens with one attached hydrogen (secondary N) is 1. The van der Waals surface area contributed by atoms with Crippen molar-refractivity contribution in [2.75, 3.05) is 31.1 Å². The summed E-state index contributed by atoms with van der Waals surface area (Å²) in [6.45, 7) is 5.23. The van der Waals surface area contributed by atoms with Crippen molar-refractivity contribution < 1.29 is 9.90 Å². The fraction of sp³-hybridized carbons (Fsp3) is 0.810. The van der Waals surface area contributed by atoms with E-state index in [0.29, 0.717) is 18.3 Å². The van der Waals surface area contributed by atoms with E-state index < -0.39 is 5.60 Å². The molecule has 3 aliphatic rings. The number of aromatic nitrogens is 2. The highest BCUT2D eigenvalue weighted by Gasteiger charge is 2.33. The molecule has 0 spiro atoms. The maximum absolute atomic E-state index is 13.1. The topological polar surface area (TPSA) is 70.4 Å². The molecular formula is C21H34N4O2S. The standard InChI is InChI=1S/C21H34N4O2S/c1-2-25-18-7-6-16(22-15-21(27)8-4-3-5-9-21)14-17(18)19(23-25)20(26)24-10-12-28-13-11-24/h16,22,27H,2-15H2,1H3/t16-/m1/s1. The lowest BCUT2D eigenvalue weighted by atomic mass is 9.84. The Bertz CT molecular complexity index is 693. The number of aliphatic hydroxyl groups is 1. The van der Waals surface area contributed by atoms with Gasteiger partial charge in [-0.15, -0.1) is 0 Å². The van der Waals surface area contributed by atoms with E-state index in [1.54, 1.807) is 0 Å². The Labute approximate surface area is 172 Å². The highest BCUT2D eigenvalue weighted by molar-refractivity contribution is 7.99. The van der Waals surface area contributed by atoms with E-state index in [-0.39, 0.29) is 5.91 Å². The molecule has 2 aliphatic carbocycles. The van der Waals surface area contributed by atoms with E-state index in [1.165, 1.54) is 12.1 Å². The van der Waals surface area contributed by atoms with Crippen LogP contribution in [0.3, 0.4) is 0 Å². The van der Waals surface area contributed by atoms with Gasteiger partial charge in [-0.1, -0.05) is 19.3 Å². The number of nitrogens with zero attached hydrogens (tertiary/aromatic N) is 3. The smallest absolute Gasteiger partial charge is 0.274 e. The maximum Gasteiger partial charge on any atom is 0.274 e. The molecule has 1 aliphatic heterocycles. The van der Waals surface area contributed by atoms with Crippen LogP contribution in [0, 0.1) is 0 Å². The van der Waals surface area contributed by atoms with Gasteiger partial charge in [-0.3, -0.25) is 9.48 Å². The maximum atomic E-state index is 13.1. The third-order valence-electron chi connectivity index (χ3n) is 6.65. The van der Waals surface area contributed by atoms with Gasteiger partial charge in [0.05, 0.1) is 5.60 Å². The van der Waals surface area contributed by atoms with Crippen molar-refractivity contribution in [2.45, 2.75) is 76.5 Å². The van der Waals surface area contributed by atoms with Crippen molar-refractivity contribution in [3.63, 3.8) is 0 Å². The molecule has 6 nitrogen and oxygen atoms in total. The summed E-state index contributed by atoms with van der Waals surface area (Å²) >= 11 is 1.92. The second-order valence-electron chi connectivity index (χ2n) is 8.60. The first-order valence-corrected chi connectivity index (χ1v) is 12.2. The van der Waals surface area contributed by atoms with Gasteiger partial charge in [0.1, 0.15) is 0 Å². The second-order valence-corrected chi connectivity index (χ2v) is 9.82. The van der Waals surface area contributed by atoms with Crippen LogP contribution >= 0.6 is 11.8 Å². The van der Waals surface area contributed by atoms with Crippen molar-refractivity contribution in [2.24, 2.45) is 0 Å². The summed E-state index contributed by atoms with van der Waals surface area (Å²) in [5.74, 6) is 2.14. The van der Waals surface area contributed by atoms with E-state index in [4.69, 9.17) is 5.10 Å². The van der Waals surface area contributed by atoms with Crippen LogP contribution in [0.25, 0.3) is 0 Å². The normalized spacial score (nSPS) is 24.8. The summed E-state index contributed by atoms with van der Waals surface area (Å²) in [7, 11) is 0. The van der Waals surface area contributed by atoms with E-state index >= 15 is 0 Å². The van der Waals surface area contributed by atoms with Crippen LogP contribution in [0.15, 0.2) is 0 Å². The molecule has 0 unspecified atom stereocenters. The van der Waals surface area contributed by atoms with Crippen molar-refractivity contribution in [3.8, 4) is 0 Å². The van der Waals surface area contributed by atoms with Crippen LogP contribution < -0.4 is 5.32 Å². The Morgan fingerprint density at radius 3 is 2.75 bits per heavy atom. The molecule has 1 amide bonds. The van der Waals surface area contributed by atoms with Crippen LogP contribution in [0.2, 0.25) is 0 Å².